The molecule has 106 valence electrons. The molecule has 1 heterocycles. The van der Waals surface area contributed by atoms with Gasteiger partial charge in [-0.25, -0.2) is 0 Å². The van der Waals surface area contributed by atoms with Gasteiger partial charge in [0.15, 0.2) is 0 Å². The van der Waals surface area contributed by atoms with Crippen molar-refractivity contribution in [3.63, 3.8) is 0 Å². The molecular formula is C14H29N3O. The Hall–Kier alpha value is -0.610. The molecule has 18 heavy (non-hydrogen) atoms. The minimum atomic E-state index is -0.169. The molecule has 1 rings (SSSR count). The largest absolute Gasteiger partial charge is 0.350 e. The van der Waals surface area contributed by atoms with Crippen LogP contribution in [0.5, 0.6) is 0 Å². The van der Waals surface area contributed by atoms with Crippen LogP contribution in [0.3, 0.4) is 0 Å². The van der Waals surface area contributed by atoms with Gasteiger partial charge in [0.1, 0.15) is 0 Å². The molecule has 1 saturated heterocycles. The average molecular weight is 255 g/mol. The van der Waals surface area contributed by atoms with E-state index in [1.807, 2.05) is 27.7 Å². The van der Waals surface area contributed by atoms with Crippen LogP contribution in [-0.4, -0.2) is 41.5 Å². The molecule has 0 aromatic rings. The second-order valence-electron chi connectivity index (χ2n) is 6.64. The van der Waals surface area contributed by atoms with Crippen LogP contribution in [0.15, 0.2) is 0 Å². The van der Waals surface area contributed by atoms with Gasteiger partial charge in [-0.05, 0) is 59.9 Å². The van der Waals surface area contributed by atoms with Crippen molar-refractivity contribution in [2.24, 2.45) is 11.7 Å². The van der Waals surface area contributed by atoms with Crippen LogP contribution < -0.4 is 11.1 Å². The fraction of sp³-hybridized carbons (Fsp3) is 0.929. The van der Waals surface area contributed by atoms with Crippen molar-refractivity contribution in [2.75, 3.05) is 13.1 Å². The zero-order chi connectivity index (χ0) is 13.9. The molecule has 0 saturated carbocycles. The van der Waals surface area contributed by atoms with E-state index in [1.165, 1.54) is 6.42 Å². The third kappa shape index (κ3) is 4.25. The maximum absolute atomic E-state index is 12.2. The highest BCUT2D eigenvalue weighted by Crippen LogP contribution is 2.23. The second-order valence-corrected chi connectivity index (χ2v) is 6.64. The van der Waals surface area contributed by atoms with Crippen molar-refractivity contribution in [1.29, 1.82) is 0 Å². The Morgan fingerprint density at radius 2 is 2.06 bits per heavy atom. The third-order valence-electron chi connectivity index (χ3n) is 3.74. The maximum Gasteiger partial charge on any atom is 0.237 e. The summed E-state index contributed by atoms with van der Waals surface area (Å²) in [5, 5.41) is 3.06. The molecule has 0 aromatic heterocycles. The van der Waals surface area contributed by atoms with Gasteiger partial charge in [0.05, 0.1) is 6.04 Å². The van der Waals surface area contributed by atoms with Crippen molar-refractivity contribution in [3.05, 3.63) is 0 Å². The minimum Gasteiger partial charge on any atom is -0.350 e. The Morgan fingerprint density at radius 1 is 1.44 bits per heavy atom. The zero-order valence-electron chi connectivity index (χ0n) is 12.5. The van der Waals surface area contributed by atoms with Crippen LogP contribution in [0.4, 0.5) is 0 Å². The lowest BCUT2D eigenvalue weighted by atomic mass is 9.92. The van der Waals surface area contributed by atoms with Crippen LogP contribution in [0, 0.1) is 5.92 Å². The van der Waals surface area contributed by atoms with Crippen LogP contribution >= 0.6 is 0 Å². The molecule has 1 aliphatic heterocycles. The highest BCUT2D eigenvalue weighted by Gasteiger charge is 2.32. The number of hydrogen-bond acceptors (Lipinski definition) is 3. The molecule has 1 amide bonds. The quantitative estimate of drug-likeness (QED) is 0.800. The average Bonchev–Trinajstić information content (AvgIpc) is 2.26. The van der Waals surface area contributed by atoms with E-state index in [2.05, 4.69) is 17.1 Å². The van der Waals surface area contributed by atoms with E-state index in [9.17, 15) is 4.79 Å². The summed E-state index contributed by atoms with van der Waals surface area (Å²) in [6.45, 7) is 11.9. The first-order valence-electron chi connectivity index (χ1n) is 7.02. The summed E-state index contributed by atoms with van der Waals surface area (Å²) >= 11 is 0. The lowest BCUT2D eigenvalue weighted by molar-refractivity contribution is -0.129. The molecule has 3 unspecified atom stereocenters. The maximum atomic E-state index is 12.2. The molecule has 0 aliphatic carbocycles. The van der Waals surface area contributed by atoms with Gasteiger partial charge in [-0.3, -0.25) is 9.69 Å². The Labute approximate surface area is 111 Å². The molecule has 1 aliphatic rings. The summed E-state index contributed by atoms with van der Waals surface area (Å²) in [6.07, 6.45) is 2.32. The first-order chi connectivity index (χ1) is 8.24. The number of nitrogens with one attached hydrogen (secondary N) is 1. The van der Waals surface area contributed by atoms with Crippen LogP contribution in [0.25, 0.3) is 0 Å². The number of hydrogen-bond donors (Lipinski definition) is 2. The summed E-state index contributed by atoms with van der Waals surface area (Å²) in [7, 11) is 0. The first kappa shape index (κ1) is 15.4. The number of carbonyl (C=O) groups is 1. The minimum absolute atomic E-state index is 0.0754. The lowest BCUT2D eigenvalue weighted by Crippen LogP contribution is -2.56. The van der Waals surface area contributed by atoms with Crippen molar-refractivity contribution in [3.8, 4) is 0 Å². The number of nitrogens with two attached hydrogens (primary N) is 1. The summed E-state index contributed by atoms with van der Waals surface area (Å²) < 4.78 is 0. The number of likely N-dealkylation sites (tertiary alicyclic amines) is 1. The fourth-order valence-corrected chi connectivity index (χ4v) is 2.57. The topological polar surface area (TPSA) is 58.4 Å². The Kier molecular flexibility index (Phi) is 5.17. The molecule has 0 radical (unpaired) electrons. The van der Waals surface area contributed by atoms with Crippen molar-refractivity contribution in [2.45, 2.75) is 65.1 Å². The Bertz CT molecular complexity index is 285. The van der Waals surface area contributed by atoms with Crippen molar-refractivity contribution in [1.82, 2.24) is 10.2 Å². The number of rotatable bonds is 3. The predicted octanol–water partition coefficient (Wildman–Crippen LogP) is 1.35. The summed E-state index contributed by atoms with van der Waals surface area (Å²) in [5.74, 6) is 0.651. The van der Waals surface area contributed by atoms with E-state index >= 15 is 0 Å². The standard InChI is InChI=1S/C14H29N3O/c1-10-6-7-12(8-15)9-17(10)11(2)13(18)16-14(3,4)5/h10-12H,6-9,15H2,1-5H3,(H,16,18). The number of amides is 1. The number of carbonyl (C=O) groups excluding carboxylic acids is 1. The molecular weight excluding hydrogens is 226 g/mol. The summed E-state index contributed by atoms with van der Waals surface area (Å²) in [5.41, 5.74) is 5.59. The van der Waals surface area contributed by atoms with Gasteiger partial charge < -0.3 is 11.1 Å². The molecule has 0 aromatic carbocycles. The molecule has 4 nitrogen and oxygen atoms in total. The van der Waals surface area contributed by atoms with Gasteiger partial charge in [-0.15, -0.1) is 0 Å². The first-order valence-corrected chi connectivity index (χ1v) is 7.02. The van der Waals surface area contributed by atoms with E-state index in [0.717, 1.165) is 19.5 Å². The van der Waals surface area contributed by atoms with E-state index in [0.29, 0.717) is 12.0 Å². The lowest BCUT2D eigenvalue weighted by Gasteiger charge is -2.41. The third-order valence-corrected chi connectivity index (χ3v) is 3.74. The Morgan fingerprint density at radius 3 is 2.56 bits per heavy atom. The molecule has 0 bridgehead atoms. The van der Waals surface area contributed by atoms with Crippen LogP contribution in [-0.2, 0) is 4.79 Å². The summed E-state index contributed by atoms with van der Waals surface area (Å²) in [4.78, 5) is 14.5. The number of nitrogens with zero attached hydrogens (tertiary/aromatic N) is 1. The van der Waals surface area contributed by atoms with E-state index < -0.39 is 0 Å². The SMILES string of the molecule is CC1CCC(CN)CN1C(C)C(=O)NC(C)(C)C. The number of piperidine rings is 1. The summed E-state index contributed by atoms with van der Waals surface area (Å²) in [6, 6.07) is 0.391. The van der Waals surface area contributed by atoms with Gasteiger partial charge in [0.25, 0.3) is 0 Å². The normalized spacial score (nSPS) is 27.9. The van der Waals surface area contributed by atoms with Crippen molar-refractivity contribution < 1.29 is 4.79 Å². The smallest absolute Gasteiger partial charge is 0.237 e. The van der Waals surface area contributed by atoms with Gasteiger partial charge in [0.2, 0.25) is 5.91 Å². The van der Waals surface area contributed by atoms with Gasteiger partial charge in [0, 0.05) is 18.1 Å². The van der Waals surface area contributed by atoms with Crippen LogP contribution in [0.2, 0.25) is 0 Å². The highest BCUT2D eigenvalue weighted by molar-refractivity contribution is 5.82. The fourth-order valence-electron chi connectivity index (χ4n) is 2.57. The molecule has 4 heteroatoms. The Balaban J connectivity index is 2.63. The van der Waals surface area contributed by atoms with Gasteiger partial charge in [-0.1, -0.05) is 0 Å². The van der Waals surface area contributed by atoms with Crippen molar-refractivity contribution >= 4 is 5.91 Å². The molecule has 0 spiro atoms. The van der Waals surface area contributed by atoms with E-state index in [4.69, 9.17) is 5.73 Å². The van der Waals surface area contributed by atoms with Gasteiger partial charge in [-0.2, -0.15) is 0 Å². The molecule has 1 fully saturated rings. The highest BCUT2D eigenvalue weighted by atomic mass is 16.2. The van der Waals surface area contributed by atoms with E-state index in [-0.39, 0.29) is 17.5 Å². The molecule has 3 N–H and O–H groups in total. The predicted molar refractivity (Wildman–Crippen MR) is 75.3 cm³/mol. The second kappa shape index (κ2) is 6.02. The van der Waals surface area contributed by atoms with E-state index in [1.54, 1.807) is 0 Å². The molecule has 3 atom stereocenters. The van der Waals surface area contributed by atoms with Crippen LogP contribution in [0.1, 0.15) is 47.5 Å². The zero-order valence-corrected chi connectivity index (χ0v) is 12.5. The van der Waals surface area contributed by atoms with Gasteiger partial charge >= 0.3 is 0 Å². The monoisotopic (exact) mass is 255 g/mol.